The SMILES string of the molecule is CCCNC1CCCN(CCOc2ccccc2OC)C1. The Balaban J connectivity index is 1.72. The van der Waals surface area contributed by atoms with Crippen LogP contribution in [0.2, 0.25) is 0 Å². The van der Waals surface area contributed by atoms with Gasteiger partial charge >= 0.3 is 0 Å². The smallest absolute Gasteiger partial charge is 0.161 e. The fourth-order valence-corrected chi connectivity index (χ4v) is 2.80. The van der Waals surface area contributed by atoms with Crippen molar-refractivity contribution in [2.45, 2.75) is 32.2 Å². The van der Waals surface area contributed by atoms with Crippen LogP contribution in [0.4, 0.5) is 0 Å². The van der Waals surface area contributed by atoms with Gasteiger partial charge in [-0.15, -0.1) is 0 Å². The highest BCUT2D eigenvalue weighted by Crippen LogP contribution is 2.25. The molecule has 0 amide bonds. The molecule has 0 radical (unpaired) electrons. The highest BCUT2D eigenvalue weighted by Gasteiger charge is 2.18. The predicted molar refractivity (Wildman–Crippen MR) is 86.2 cm³/mol. The average molecular weight is 292 g/mol. The second-order valence-corrected chi connectivity index (χ2v) is 5.59. The molecule has 4 nitrogen and oxygen atoms in total. The van der Waals surface area contributed by atoms with Gasteiger partial charge in [-0.2, -0.15) is 0 Å². The molecule has 1 unspecified atom stereocenters. The van der Waals surface area contributed by atoms with Gasteiger partial charge in [0.25, 0.3) is 0 Å². The van der Waals surface area contributed by atoms with Crippen molar-refractivity contribution in [1.29, 1.82) is 0 Å². The molecule has 0 aliphatic carbocycles. The summed E-state index contributed by atoms with van der Waals surface area (Å²) in [6.07, 6.45) is 3.77. The number of benzene rings is 1. The molecule has 0 saturated carbocycles. The molecule has 1 aliphatic rings. The molecule has 1 aromatic rings. The van der Waals surface area contributed by atoms with Crippen LogP contribution in [0.1, 0.15) is 26.2 Å². The summed E-state index contributed by atoms with van der Waals surface area (Å²) < 4.78 is 11.2. The normalized spacial score (nSPS) is 19.4. The number of para-hydroxylation sites is 2. The largest absolute Gasteiger partial charge is 0.493 e. The van der Waals surface area contributed by atoms with Crippen LogP contribution in [-0.2, 0) is 0 Å². The first-order chi connectivity index (χ1) is 10.3. The zero-order valence-corrected chi connectivity index (χ0v) is 13.3. The highest BCUT2D eigenvalue weighted by atomic mass is 16.5. The highest BCUT2D eigenvalue weighted by molar-refractivity contribution is 5.39. The molecule has 1 saturated heterocycles. The lowest BCUT2D eigenvalue weighted by molar-refractivity contribution is 0.158. The topological polar surface area (TPSA) is 33.7 Å². The summed E-state index contributed by atoms with van der Waals surface area (Å²) in [5.41, 5.74) is 0. The molecular formula is C17H28N2O2. The summed E-state index contributed by atoms with van der Waals surface area (Å²) in [5, 5.41) is 3.63. The van der Waals surface area contributed by atoms with Crippen molar-refractivity contribution in [2.75, 3.05) is 39.9 Å². The van der Waals surface area contributed by atoms with Gasteiger partial charge in [0.05, 0.1) is 7.11 Å². The fraction of sp³-hybridized carbons (Fsp3) is 0.647. The van der Waals surface area contributed by atoms with Crippen LogP contribution >= 0.6 is 0 Å². The van der Waals surface area contributed by atoms with Crippen molar-refractivity contribution in [3.63, 3.8) is 0 Å². The van der Waals surface area contributed by atoms with Gasteiger partial charge in [0.2, 0.25) is 0 Å². The zero-order chi connectivity index (χ0) is 14.9. The first kappa shape index (κ1) is 16.1. The summed E-state index contributed by atoms with van der Waals surface area (Å²) in [4.78, 5) is 2.49. The van der Waals surface area contributed by atoms with E-state index in [0.717, 1.165) is 31.1 Å². The van der Waals surface area contributed by atoms with Gasteiger partial charge in [0, 0.05) is 19.1 Å². The van der Waals surface area contributed by atoms with E-state index in [9.17, 15) is 0 Å². The number of methoxy groups -OCH3 is 1. The van der Waals surface area contributed by atoms with E-state index < -0.39 is 0 Å². The maximum absolute atomic E-state index is 5.86. The van der Waals surface area contributed by atoms with Crippen molar-refractivity contribution in [1.82, 2.24) is 10.2 Å². The van der Waals surface area contributed by atoms with Gasteiger partial charge in [-0.25, -0.2) is 0 Å². The Kier molecular flexibility index (Phi) is 6.83. The third-order valence-corrected chi connectivity index (χ3v) is 3.92. The third kappa shape index (κ3) is 5.21. The molecule has 0 bridgehead atoms. The number of rotatable bonds is 8. The van der Waals surface area contributed by atoms with E-state index >= 15 is 0 Å². The summed E-state index contributed by atoms with van der Waals surface area (Å²) >= 11 is 0. The van der Waals surface area contributed by atoms with Gasteiger partial charge in [-0.3, -0.25) is 4.90 Å². The molecule has 1 heterocycles. The molecular weight excluding hydrogens is 264 g/mol. The van der Waals surface area contributed by atoms with E-state index in [0.29, 0.717) is 12.6 Å². The van der Waals surface area contributed by atoms with E-state index in [2.05, 4.69) is 17.1 Å². The number of likely N-dealkylation sites (tertiary alicyclic amines) is 1. The van der Waals surface area contributed by atoms with E-state index in [-0.39, 0.29) is 0 Å². The second-order valence-electron chi connectivity index (χ2n) is 5.59. The van der Waals surface area contributed by atoms with Crippen molar-refractivity contribution in [3.8, 4) is 11.5 Å². The summed E-state index contributed by atoms with van der Waals surface area (Å²) in [6, 6.07) is 8.47. The lowest BCUT2D eigenvalue weighted by Gasteiger charge is -2.33. The van der Waals surface area contributed by atoms with Crippen LogP contribution in [0, 0.1) is 0 Å². The van der Waals surface area contributed by atoms with Crippen LogP contribution in [-0.4, -0.2) is 50.8 Å². The minimum absolute atomic E-state index is 0.643. The summed E-state index contributed by atoms with van der Waals surface area (Å²) in [5.74, 6) is 1.64. The van der Waals surface area contributed by atoms with Gasteiger partial charge < -0.3 is 14.8 Å². The van der Waals surface area contributed by atoms with Crippen LogP contribution in [0.25, 0.3) is 0 Å². The first-order valence-corrected chi connectivity index (χ1v) is 8.05. The Morgan fingerprint density at radius 2 is 2.10 bits per heavy atom. The second kappa shape index (κ2) is 8.90. The minimum Gasteiger partial charge on any atom is -0.493 e. The average Bonchev–Trinajstić information content (AvgIpc) is 2.54. The Bertz CT molecular complexity index is 412. The summed E-state index contributed by atoms with van der Waals surface area (Å²) in [6.45, 7) is 7.34. The maximum Gasteiger partial charge on any atom is 0.161 e. The number of nitrogens with one attached hydrogen (secondary N) is 1. The number of piperidine rings is 1. The third-order valence-electron chi connectivity index (χ3n) is 3.92. The van der Waals surface area contributed by atoms with Crippen molar-refractivity contribution in [3.05, 3.63) is 24.3 Å². The molecule has 2 rings (SSSR count). The molecule has 118 valence electrons. The van der Waals surface area contributed by atoms with Crippen LogP contribution in [0.5, 0.6) is 11.5 Å². The molecule has 0 aromatic heterocycles. The van der Waals surface area contributed by atoms with E-state index in [1.807, 2.05) is 24.3 Å². The number of ether oxygens (including phenoxy) is 2. The molecule has 1 atom stereocenters. The Labute approximate surface area is 128 Å². The molecule has 4 heteroatoms. The van der Waals surface area contributed by atoms with E-state index in [1.165, 1.54) is 25.8 Å². The van der Waals surface area contributed by atoms with Crippen molar-refractivity contribution < 1.29 is 9.47 Å². The molecule has 1 N–H and O–H groups in total. The van der Waals surface area contributed by atoms with E-state index in [4.69, 9.17) is 9.47 Å². The monoisotopic (exact) mass is 292 g/mol. The molecule has 1 aromatic carbocycles. The summed E-state index contributed by atoms with van der Waals surface area (Å²) in [7, 11) is 1.68. The molecule has 0 spiro atoms. The van der Waals surface area contributed by atoms with Gasteiger partial charge in [-0.1, -0.05) is 19.1 Å². The molecule has 21 heavy (non-hydrogen) atoms. The van der Waals surface area contributed by atoms with Crippen LogP contribution in [0.3, 0.4) is 0 Å². The standard InChI is InChI=1S/C17H28N2O2/c1-3-10-18-15-7-6-11-19(14-15)12-13-21-17-9-5-4-8-16(17)20-2/h4-5,8-9,15,18H,3,6-7,10-14H2,1-2H3. The van der Waals surface area contributed by atoms with Crippen LogP contribution in [0.15, 0.2) is 24.3 Å². The minimum atomic E-state index is 0.643. The van der Waals surface area contributed by atoms with Gasteiger partial charge in [0.15, 0.2) is 11.5 Å². The number of hydrogen-bond donors (Lipinski definition) is 1. The van der Waals surface area contributed by atoms with Gasteiger partial charge in [0.1, 0.15) is 6.61 Å². The predicted octanol–water partition coefficient (Wildman–Crippen LogP) is 2.54. The maximum atomic E-state index is 5.86. The number of hydrogen-bond acceptors (Lipinski definition) is 4. The van der Waals surface area contributed by atoms with Crippen molar-refractivity contribution in [2.24, 2.45) is 0 Å². The molecule has 1 aliphatic heterocycles. The quantitative estimate of drug-likeness (QED) is 0.798. The number of nitrogens with zero attached hydrogens (tertiary/aromatic N) is 1. The zero-order valence-electron chi connectivity index (χ0n) is 13.3. The fourth-order valence-electron chi connectivity index (χ4n) is 2.80. The van der Waals surface area contributed by atoms with Gasteiger partial charge in [-0.05, 0) is 44.5 Å². The van der Waals surface area contributed by atoms with E-state index in [1.54, 1.807) is 7.11 Å². The lowest BCUT2D eigenvalue weighted by Crippen LogP contribution is -2.46. The lowest BCUT2D eigenvalue weighted by atomic mass is 10.1. The Morgan fingerprint density at radius 3 is 2.86 bits per heavy atom. The first-order valence-electron chi connectivity index (χ1n) is 8.05. The Hall–Kier alpha value is -1.26. The van der Waals surface area contributed by atoms with Crippen molar-refractivity contribution >= 4 is 0 Å². The Morgan fingerprint density at radius 1 is 1.29 bits per heavy atom. The molecule has 1 fully saturated rings. The van der Waals surface area contributed by atoms with Crippen LogP contribution < -0.4 is 14.8 Å².